The lowest BCUT2D eigenvalue weighted by molar-refractivity contribution is 0.0417. The van der Waals surface area contributed by atoms with Crippen molar-refractivity contribution in [2.45, 2.75) is 76.0 Å². The summed E-state index contributed by atoms with van der Waals surface area (Å²) in [6.07, 6.45) is 8.81. The minimum Gasteiger partial charge on any atom is -0.598 e. The third-order valence-corrected chi connectivity index (χ3v) is 8.07. The molecule has 2 saturated carbocycles. The van der Waals surface area contributed by atoms with Crippen LogP contribution in [0.5, 0.6) is 0 Å². The smallest absolute Gasteiger partial charge is 0.136 e. The fourth-order valence-electron chi connectivity index (χ4n) is 4.84. The van der Waals surface area contributed by atoms with E-state index in [9.17, 15) is 8.94 Å². The van der Waals surface area contributed by atoms with E-state index in [1.807, 2.05) is 27.0 Å². The Morgan fingerprint density at radius 3 is 2.56 bits per heavy atom. The summed E-state index contributed by atoms with van der Waals surface area (Å²) >= 11 is -0.984. The highest BCUT2D eigenvalue weighted by molar-refractivity contribution is 7.90. The van der Waals surface area contributed by atoms with Gasteiger partial charge in [-0.15, -0.1) is 4.72 Å². The van der Waals surface area contributed by atoms with Crippen molar-refractivity contribution in [3.8, 4) is 0 Å². The molecule has 2 fully saturated rings. The molecule has 2 aliphatic rings. The van der Waals surface area contributed by atoms with E-state index < -0.39 is 11.4 Å². The maximum Gasteiger partial charge on any atom is 0.136 e. The number of halogens is 1. The fourth-order valence-corrected chi connectivity index (χ4v) is 5.67. The molecule has 0 saturated heterocycles. The normalized spacial score (nSPS) is 29.7. The van der Waals surface area contributed by atoms with Gasteiger partial charge in [-0.1, -0.05) is 0 Å². The quantitative estimate of drug-likeness (QED) is 0.732. The van der Waals surface area contributed by atoms with Crippen molar-refractivity contribution in [1.29, 1.82) is 0 Å². The third-order valence-electron chi connectivity index (χ3n) is 6.41. The Labute approximate surface area is 164 Å². The SMILES string of the molecule is CC(C)(C)[S@@+]([O-])NC1CC2(CCC(c3ccnc4ccc(F)cc34)CC2)C1. The average Bonchev–Trinajstić information content (AvgIpc) is 2.59. The largest absolute Gasteiger partial charge is 0.598 e. The van der Waals surface area contributed by atoms with Crippen molar-refractivity contribution in [2.75, 3.05) is 0 Å². The molecule has 1 aromatic carbocycles. The molecule has 0 bridgehead atoms. The van der Waals surface area contributed by atoms with Crippen molar-refractivity contribution < 1.29 is 8.94 Å². The summed E-state index contributed by atoms with van der Waals surface area (Å²) in [5.74, 6) is 0.294. The fraction of sp³-hybridized carbons (Fsp3) is 0.591. The molecule has 0 radical (unpaired) electrons. The Balaban J connectivity index is 1.39. The number of hydrogen-bond donors (Lipinski definition) is 1. The standard InChI is InChI=1S/C22H29FN2OS/c1-21(2,3)27(26)25-17-13-22(14-17)9-6-15(7-10-22)18-8-11-24-20-5-4-16(23)12-19(18)20/h4-5,8,11-12,15,17,25H,6-7,9-10,13-14H2,1-3H3/t15?,17?,22?,27-/m1/s1. The van der Waals surface area contributed by atoms with Gasteiger partial charge >= 0.3 is 0 Å². The number of aromatic nitrogens is 1. The Morgan fingerprint density at radius 2 is 1.89 bits per heavy atom. The molecule has 146 valence electrons. The van der Waals surface area contributed by atoms with E-state index in [2.05, 4.69) is 15.8 Å². The molecular weight excluding hydrogens is 359 g/mol. The van der Waals surface area contributed by atoms with Crippen LogP contribution in [0, 0.1) is 11.2 Å². The van der Waals surface area contributed by atoms with E-state index in [1.165, 1.54) is 24.5 Å². The summed E-state index contributed by atoms with van der Waals surface area (Å²) in [5.41, 5.74) is 2.55. The molecule has 5 heteroatoms. The third kappa shape index (κ3) is 3.87. The van der Waals surface area contributed by atoms with E-state index in [0.29, 0.717) is 17.4 Å². The number of nitrogens with zero attached hydrogens (tertiary/aromatic N) is 1. The Morgan fingerprint density at radius 1 is 1.19 bits per heavy atom. The van der Waals surface area contributed by atoms with E-state index in [0.717, 1.165) is 36.6 Å². The molecule has 1 aromatic heterocycles. The zero-order valence-electron chi connectivity index (χ0n) is 16.4. The van der Waals surface area contributed by atoms with Gasteiger partial charge in [-0.3, -0.25) is 4.98 Å². The molecule has 2 aromatic rings. The summed E-state index contributed by atoms with van der Waals surface area (Å²) in [6.45, 7) is 6.03. The van der Waals surface area contributed by atoms with Crippen molar-refractivity contribution in [2.24, 2.45) is 5.41 Å². The lowest BCUT2D eigenvalue weighted by atomic mass is 9.56. The number of benzene rings is 1. The number of fused-ring (bicyclic) bond motifs is 1. The minimum absolute atomic E-state index is 0.191. The molecule has 2 aliphatic carbocycles. The van der Waals surface area contributed by atoms with Gasteiger partial charge in [-0.25, -0.2) is 4.39 Å². The van der Waals surface area contributed by atoms with Gasteiger partial charge in [0.1, 0.15) is 10.6 Å². The van der Waals surface area contributed by atoms with Crippen LogP contribution in [-0.2, 0) is 11.4 Å². The summed E-state index contributed by atoms with van der Waals surface area (Å²) in [6, 6.07) is 7.35. The molecular formula is C22H29FN2OS. The maximum absolute atomic E-state index is 13.7. The van der Waals surface area contributed by atoms with Crippen LogP contribution >= 0.6 is 0 Å². The highest BCUT2D eigenvalue weighted by atomic mass is 32.2. The number of nitrogens with one attached hydrogen (secondary N) is 1. The predicted molar refractivity (Wildman–Crippen MR) is 109 cm³/mol. The predicted octanol–water partition coefficient (Wildman–Crippen LogP) is 5.23. The Hall–Kier alpha value is -1.17. The van der Waals surface area contributed by atoms with Crippen LogP contribution in [0.2, 0.25) is 0 Å². The number of pyridine rings is 1. The van der Waals surface area contributed by atoms with E-state index in [1.54, 1.807) is 12.1 Å². The Kier molecular flexibility index (Phi) is 4.98. The second-order valence-electron chi connectivity index (χ2n) is 9.44. The molecule has 3 nitrogen and oxygen atoms in total. The van der Waals surface area contributed by atoms with Gasteiger partial charge in [0, 0.05) is 22.9 Å². The van der Waals surface area contributed by atoms with Crippen molar-refractivity contribution in [3.63, 3.8) is 0 Å². The highest BCUT2D eigenvalue weighted by Gasteiger charge is 2.48. The van der Waals surface area contributed by atoms with Gasteiger partial charge in [0.05, 0.1) is 11.6 Å². The van der Waals surface area contributed by atoms with Crippen LogP contribution in [0.3, 0.4) is 0 Å². The van der Waals surface area contributed by atoms with Crippen LogP contribution < -0.4 is 4.72 Å². The summed E-state index contributed by atoms with van der Waals surface area (Å²) in [7, 11) is 0. The van der Waals surface area contributed by atoms with Crippen LogP contribution in [0.25, 0.3) is 10.9 Å². The molecule has 1 atom stereocenters. The molecule has 1 spiro atoms. The molecule has 1 heterocycles. The second kappa shape index (κ2) is 7.02. The van der Waals surface area contributed by atoms with Gasteiger partial charge in [0.2, 0.25) is 0 Å². The zero-order valence-corrected chi connectivity index (χ0v) is 17.2. The van der Waals surface area contributed by atoms with E-state index in [4.69, 9.17) is 0 Å². The van der Waals surface area contributed by atoms with Crippen LogP contribution in [-0.4, -0.2) is 20.3 Å². The Bertz CT molecular complexity index is 819. The number of hydrogen-bond acceptors (Lipinski definition) is 3. The molecule has 0 aliphatic heterocycles. The molecule has 27 heavy (non-hydrogen) atoms. The molecule has 0 unspecified atom stereocenters. The van der Waals surface area contributed by atoms with Crippen molar-refractivity contribution in [1.82, 2.24) is 9.71 Å². The van der Waals surface area contributed by atoms with Gasteiger partial charge in [0.25, 0.3) is 0 Å². The van der Waals surface area contributed by atoms with Gasteiger partial charge in [-0.05, 0) is 100 Å². The summed E-state index contributed by atoms with van der Waals surface area (Å²) in [5, 5.41) is 0.965. The summed E-state index contributed by atoms with van der Waals surface area (Å²) < 4.78 is 29.1. The van der Waals surface area contributed by atoms with Crippen molar-refractivity contribution >= 4 is 22.3 Å². The van der Waals surface area contributed by atoms with Crippen LogP contribution in [0.1, 0.15) is 70.8 Å². The number of rotatable bonds is 3. The van der Waals surface area contributed by atoms with Crippen LogP contribution in [0.15, 0.2) is 30.5 Å². The minimum atomic E-state index is -0.984. The van der Waals surface area contributed by atoms with Gasteiger partial charge < -0.3 is 4.55 Å². The van der Waals surface area contributed by atoms with E-state index >= 15 is 0 Å². The first kappa shape index (κ1) is 19.2. The van der Waals surface area contributed by atoms with Crippen LogP contribution in [0.4, 0.5) is 4.39 Å². The highest BCUT2D eigenvalue weighted by Crippen LogP contribution is 2.55. The maximum atomic E-state index is 13.7. The van der Waals surface area contributed by atoms with E-state index in [-0.39, 0.29) is 10.6 Å². The first-order valence-electron chi connectivity index (χ1n) is 9.98. The van der Waals surface area contributed by atoms with Gasteiger partial charge in [-0.2, -0.15) is 0 Å². The van der Waals surface area contributed by atoms with Gasteiger partial charge in [0.15, 0.2) is 0 Å². The average molecular weight is 389 g/mol. The molecule has 0 amide bonds. The lowest BCUT2D eigenvalue weighted by Gasteiger charge is -2.51. The monoisotopic (exact) mass is 388 g/mol. The topological polar surface area (TPSA) is 48.0 Å². The summed E-state index contributed by atoms with van der Waals surface area (Å²) in [4.78, 5) is 4.39. The van der Waals surface area contributed by atoms with Crippen molar-refractivity contribution in [3.05, 3.63) is 41.8 Å². The zero-order chi connectivity index (χ0) is 19.2. The second-order valence-corrected chi connectivity index (χ2v) is 11.4. The first-order chi connectivity index (χ1) is 12.8. The molecule has 1 N–H and O–H groups in total. The molecule has 4 rings (SSSR count). The first-order valence-corrected chi connectivity index (χ1v) is 11.1. The lowest BCUT2D eigenvalue weighted by Crippen LogP contribution is -2.54.